The zero-order valence-electron chi connectivity index (χ0n) is 15.3. The molecule has 0 bridgehead atoms. The van der Waals surface area contributed by atoms with Gasteiger partial charge in [0.05, 0.1) is 6.08 Å². The average Bonchev–Trinajstić information content (AvgIpc) is 2.98. The lowest BCUT2D eigenvalue weighted by Gasteiger charge is -2.17. The number of rotatable bonds is 4. The Labute approximate surface area is 163 Å². The summed E-state index contributed by atoms with van der Waals surface area (Å²) in [6, 6.07) is 17.5. The normalized spacial score (nSPS) is 11.4. The lowest BCUT2D eigenvalue weighted by molar-refractivity contribution is -2.00. The van der Waals surface area contributed by atoms with Crippen LogP contribution in [-0.4, -0.2) is 5.91 Å². The van der Waals surface area contributed by atoms with Crippen molar-refractivity contribution in [1.29, 1.82) is 0 Å². The summed E-state index contributed by atoms with van der Waals surface area (Å²) >= 11 is 0. The number of amides is 1. The van der Waals surface area contributed by atoms with E-state index in [1.54, 1.807) is 18.0 Å². The molecule has 0 saturated carbocycles. The zero-order valence-corrected chi connectivity index (χ0v) is 16.0. The molecule has 0 aliphatic rings. The molecule has 1 aromatic heterocycles. The van der Waals surface area contributed by atoms with Crippen molar-refractivity contribution in [1.82, 2.24) is 0 Å². The van der Waals surface area contributed by atoms with Gasteiger partial charge in [-0.1, -0.05) is 30.3 Å². The fraction of sp³-hybridized carbons (Fsp3) is 0.158. The molecular weight excluding hydrogens is 388 g/mol. The molecular formula is C19H19ClN2O6. The summed E-state index contributed by atoms with van der Waals surface area (Å²) in [5.41, 5.74) is 2.71. The Morgan fingerprint density at radius 2 is 1.64 bits per heavy atom. The summed E-state index contributed by atoms with van der Waals surface area (Å²) in [6.45, 7) is 4.41. The minimum Gasteiger partial charge on any atom is -0.398 e. The number of para-hydroxylation sites is 3. The van der Waals surface area contributed by atoms with Gasteiger partial charge in [0.2, 0.25) is 11.5 Å². The van der Waals surface area contributed by atoms with Gasteiger partial charge in [-0.25, -0.2) is 18.6 Å². The number of nitrogens with zero attached hydrogens (tertiary/aromatic N) is 2. The maximum atomic E-state index is 11.9. The van der Waals surface area contributed by atoms with Crippen molar-refractivity contribution >= 4 is 28.8 Å². The second-order valence-electron chi connectivity index (χ2n) is 5.57. The quantitative estimate of drug-likeness (QED) is 0.511. The largest absolute Gasteiger partial charge is 0.398 e. The number of fused-ring (bicyclic) bond motifs is 1. The minimum absolute atomic E-state index is 0.0494. The summed E-state index contributed by atoms with van der Waals surface area (Å²) < 4.78 is 41.9. The van der Waals surface area contributed by atoms with Gasteiger partial charge in [0.25, 0.3) is 5.52 Å². The van der Waals surface area contributed by atoms with Gasteiger partial charge in [0.15, 0.2) is 0 Å². The first-order valence-electron chi connectivity index (χ1n) is 8.27. The molecule has 1 heterocycles. The first kappa shape index (κ1) is 21.5. The first-order valence-corrected chi connectivity index (χ1v) is 9.50. The minimum atomic E-state index is -4.94. The van der Waals surface area contributed by atoms with E-state index in [0.29, 0.717) is 0 Å². The van der Waals surface area contributed by atoms with Gasteiger partial charge < -0.3 is 4.42 Å². The van der Waals surface area contributed by atoms with Crippen LogP contribution in [0.3, 0.4) is 0 Å². The van der Waals surface area contributed by atoms with Gasteiger partial charge >= 0.3 is 5.89 Å². The third-order valence-electron chi connectivity index (χ3n) is 3.69. The molecule has 0 radical (unpaired) electrons. The first-order chi connectivity index (χ1) is 13.2. The number of hydrogen-bond acceptors (Lipinski definition) is 6. The molecule has 1 amide bonds. The van der Waals surface area contributed by atoms with E-state index in [-0.39, 0.29) is 5.91 Å². The maximum absolute atomic E-state index is 11.9. The Bertz CT molecular complexity index is 944. The molecule has 3 rings (SSSR count). The van der Waals surface area contributed by atoms with E-state index < -0.39 is 10.2 Å². The van der Waals surface area contributed by atoms with E-state index in [1.165, 1.54) is 0 Å². The smallest absolute Gasteiger partial charge is 0.375 e. The second kappa shape index (κ2) is 9.45. The number of anilines is 1. The second-order valence-corrected chi connectivity index (χ2v) is 6.33. The molecule has 0 aliphatic heterocycles. The highest BCUT2D eigenvalue weighted by atomic mass is 35.7. The van der Waals surface area contributed by atoms with Crippen LogP contribution in [0.4, 0.5) is 5.69 Å². The van der Waals surface area contributed by atoms with Gasteiger partial charge in [-0.05, 0) is 25.1 Å². The van der Waals surface area contributed by atoms with Crippen molar-refractivity contribution in [3.8, 4) is 0 Å². The predicted octanol–water partition coefficient (Wildman–Crippen LogP) is -0.992. The summed E-state index contributed by atoms with van der Waals surface area (Å²) in [5, 5.41) is 0. The Hall–Kier alpha value is -2.75. The number of aromatic nitrogens is 1. The standard InChI is InChI=1S/C19H19N2O2.ClHO4/c1-3-20-17-11-7-8-12-18(17)23-19(20)13-14-21(15(2)22)16-9-5-4-6-10-16;2-1(3,4)5/h4-14H,3H2,1-2H3;(H,2,3,4,5)/q+1;/p-1. The molecule has 2 aromatic carbocycles. The third-order valence-corrected chi connectivity index (χ3v) is 3.69. The van der Waals surface area contributed by atoms with E-state index in [2.05, 4.69) is 11.5 Å². The highest BCUT2D eigenvalue weighted by Crippen LogP contribution is 2.17. The van der Waals surface area contributed by atoms with Crippen LogP contribution in [0.5, 0.6) is 0 Å². The SMILES string of the molecule is CC[n+]1c(C=CN(C(C)=O)c2ccccc2)oc2ccccc21.[O-][Cl+3]([O-])([O-])[O-]. The van der Waals surface area contributed by atoms with Gasteiger partial charge in [-0.15, -0.1) is 10.2 Å². The Balaban J connectivity index is 0.000000500. The highest BCUT2D eigenvalue weighted by Gasteiger charge is 2.19. The monoisotopic (exact) mass is 406 g/mol. The van der Waals surface area contributed by atoms with Gasteiger partial charge in [-0.3, -0.25) is 9.69 Å². The van der Waals surface area contributed by atoms with Crippen molar-refractivity contribution in [3.05, 3.63) is 66.7 Å². The molecule has 0 atom stereocenters. The van der Waals surface area contributed by atoms with Crippen LogP contribution in [0.1, 0.15) is 19.7 Å². The third kappa shape index (κ3) is 6.15. The van der Waals surface area contributed by atoms with Crippen molar-refractivity contribution in [3.63, 3.8) is 0 Å². The predicted molar refractivity (Wildman–Crippen MR) is 90.7 cm³/mol. The molecule has 0 unspecified atom stereocenters. The summed E-state index contributed by atoms with van der Waals surface area (Å²) in [5.74, 6) is 0.669. The number of benzene rings is 2. The number of hydrogen-bond donors (Lipinski definition) is 0. The van der Waals surface area contributed by atoms with E-state index in [0.717, 1.165) is 29.2 Å². The lowest BCUT2D eigenvalue weighted by atomic mass is 10.3. The average molecular weight is 407 g/mol. The van der Waals surface area contributed by atoms with Crippen molar-refractivity contribution in [2.75, 3.05) is 4.90 Å². The van der Waals surface area contributed by atoms with Crippen molar-refractivity contribution in [2.24, 2.45) is 0 Å². The van der Waals surface area contributed by atoms with Gasteiger partial charge in [0.1, 0.15) is 6.54 Å². The fourth-order valence-corrected chi connectivity index (χ4v) is 2.60. The molecule has 148 valence electrons. The lowest BCUT2D eigenvalue weighted by Crippen LogP contribution is -2.68. The van der Waals surface area contributed by atoms with E-state index in [9.17, 15) is 4.79 Å². The molecule has 3 aromatic rings. The highest BCUT2D eigenvalue weighted by molar-refractivity contribution is 5.94. The van der Waals surface area contributed by atoms with Crippen LogP contribution < -0.4 is 28.1 Å². The molecule has 8 nitrogen and oxygen atoms in total. The Kier molecular flexibility index (Phi) is 7.27. The topological polar surface area (TPSA) is 130 Å². The fourth-order valence-electron chi connectivity index (χ4n) is 2.60. The number of halogens is 1. The van der Waals surface area contributed by atoms with Crippen molar-refractivity contribution in [2.45, 2.75) is 20.4 Å². The van der Waals surface area contributed by atoms with Crippen LogP contribution in [-0.2, 0) is 11.3 Å². The molecule has 0 spiro atoms. The molecule has 28 heavy (non-hydrogen) atoms. The van der Waals surface area contributed by atoms with Crippen LogP contribution in [0.25, 0.3) is 17.2 Å². The van der Waals surface area contributed by atoms with E-state index in [4.69, 9.17) is 23.1 Å². The molecule has 0 fully saturated rings. The Morgan fingerprint density at radius 1 is 1.07 bits per heavy atom. The summed E-state index contributed by atoms with van der Waals surface area (Å²) in [6.07, 6.45) is 3.58. The summed E-state index contributed by atoms with van der Waals surface area (Å²) in [4.78, 5) is 13.5. The van der Waals surface area contributed by atoms with E-state index >= 15 is 0 Å². The number of oxazole rings is 1. The molecule has 9 heteroatoms. The van der Waals surface area contributed by atoms with E-state index in [1.807, 2.05) is 60.7 Å². The van der Waals surface area contributed by atoms with Crippen LogP contribution in [0.15, 0.2) is 65.2 Å². The molecule has 0 N–H and O–H groups in total. The number of carbonyl (C=O) groups is 1. The Morgan fingerprint density at radius 3 is 2.21 bits per heavy atom. The zero-order chi connectivity index (χ0) is 20.7. The number of carbonyl (C=O) groups excluding carboxylic acids is 1. The molecule has 0 aliphatic carbocycles. The number of aryl methyl sites for hydroxylation is 1. The molecule has 0 saturated heterocycles. The van der Waals surface area contributed by atoms with Crippen molar-refractivity contribution < 1.29 is 42.7 Å². The van der Waals surface area contributed by atoms with Crippen LogP contribution in [0, 0.1) is 10.2 Å². The summed E-state index contributed by atoms with van der Waals surface area (Å²) in [7, 11) is -4.94. The van der Waals surface area contributed by atoms with Crippen LogP contribution >= 0.6 is 0 Å². The van der Waals surface area contributed by atoms with Gasteiger partial charge in [-0.2, -0.15) is 4.57 Å². The van der Waals surface area contributed by atoms with Gasteiger partial charge in [0, 0.05) is 24.9 Å². The van der Waals surface area contributed by atoms with Crippen LogP contribution in [0.2, 0.25) is 0 Å². The maximum Gasteiger partial charge on any atom is 0.375 e.